The van der Waals surface area contributed by atoms with Gasteiger partial charge in [0.2, 0.25) is 0 Å². The predicted molar refractivity (Wildman–Crippen MR) is 96.3 cm³/mol. The number of H-pyrrole nitrogens is 1. The molecule has 0 atom stereocenters. The molecule has 0 aliphatic heterocycles. The molecule has 0 spiro atoms. The van der Waals surface area contributed by atoms with Crippen LogP contribution in [0, 0.1) is 0 Å². The molecule has 7 N–H and O–H groups in total. The van der Waals surface area contributed by atoms with Crippen molar-refractivity contribution in [2.24, 2.45) is 5.73 Å². The number of fused-ring (bicyclic) bond motifs is 3. The molecule has 0 amide bonds. The molecule has 0 bridgehead atoms. The third kappa shape index (κ3) is 2.50. The van der Waals surface area contributed by atoms with Gasteiger partial charge in [0.1, 0.15) is 5.82 Å². The SMILES string of the molecule is C=C(/C=C(N)\C=C/C)c1cc2[nH]c(N)nc(N)c2c2ccnc12. The second-order valence-electron chi connectivity index (χ2n) is 5.23. The maximum Gasteiger partial charge on any atom is 0.199 e. The van der Waals surface area contributed by atoms with Gasteiger partial charge in [-0.1, -0.05) is 12.7 Å². The maximum atomic E-state index is 6.03. The number of aromatic amines is 1. The number of nitrogens with zero attached hydrogens (tertiary/aromatic N) is 2. The Morgan fingerprint density at radius 2 is 2.13 bits per heavy atom. The molecule has 0 saturated carbocycles. The van der Waals surface area contributed by atoms with Gasteiger partial charge in [-0.2, -0.15) is 4.98 Å². The number of nitrogens with two attached hydrogens (primary N) is 3. The minimum absolute atomic E-state index is 0.259. The summed E-state index contributed by atoms with van der Waals surface area (Å²) >= 11 is 0. The van der Waals surface area contributed by atoms with E-state index in [2.05, 4.69) is 21.5 Å². The van der Waals surface area contributed by atoms with Crippen molar-refractivity contribution in [1.82, 2.24) is 15.0 Å². The summed E-state index contributed by atoms with van der Waals surface area (Å²) in [5, 5.41) is 1.70. The molecule has 0 aliphatic rings. The van der Waals surface area contributed by atoms with Crippen LogP contribution in [0.3, 0.4) is 0 Å². The molecule has 1 aromatic carbocycles. The number of rotatable bonds is 3. The van der Waals surface area contributed by atoms with Crippen LogP contribution in [0.15, 0.2) is 48.8 Å². The highest BCUT2D eigenvalue weighted by molar-refractivity contribution is 6.14. The minimum atomic E-state index is 0.259. The van der Waals surface area contributed by atoms with E-state index in [1.165, 1.54) is 0 Å². The number of aromatic nitrogens is 3. The largest absolute Gasteiger partial charge is 0.399 e. The van der Waals surface area contributed by atoms with Gasteiger partial charge in [0.25, 0.3) is 0 Å². The molecule has 0 aliphatic carbocycles. The lowest BCUT2D eigenvalue weighted by Gasteiger charge is -2.10. The smallest absolute Gasteiger partial charge is 0.199 e. The molecule has 6 nitrogen and oxygen atoms in total. The molecule has 2 heterocycles. The summed E-state index contributed by atoms with van der Waals surface area (Å²) in [5.74, 6) is 0.629. The average Bonchev–Trinajstić information content (AvgIpc) is 2.94. The topological polar surface area (TPSA) is 120 Å². The Kier molecular flexibility index (Phi) is 3.50. The summed E-state index contributed by atoms with van der Waals surface area (Å²) in [6.45, 7) is 6.01. The third-order valence-corrected chi connectivity index (χ3v) is 3.59. The summed E-state index contributed by atoms with van der Waals surface area (Å²) in [6.07, 6.45) is 7.23. The van der Waals surface area contributed by atoms with Gasteiger partial charge in [0.05, 0.1) is 11.0 Å². The van der Waals surface area contributed by atoms with Crippen molar-refractivity contribution < 1.29 is 0 Å². The van der Waals surface area contributed by atoms with Gasteiger partial charge in [-0.25, -0.2) is 0 Å². The molecule has 0 saturated heterocycles. The number of nitrogens with one attached hydrogen (secondary N) is 1. The molecular formula is C17H18N6. The first-order chi connectivity index (χ1) is 11.0. The van der Waals surface area contributed by atoms with Crippen molar-refractivity contribution in [3.05, 3.63) is 54.4 Å². The third-order valence-electron chi connectivity index (χ3n) is 3.59. The van der Waals surface area contributed by atoms with Crippen LogP contribution in [0.2, 0.25) is 0 Å². The Bertz CT molecular complexity index is 978. The number of hydrogen-bond donors (Lipinski definition) is 4. The van der Waals surface area contributed by atoms with Gasteiger partial charge in [-0.05, 0) is 36.8 Å². The monoisotopic (exact) mass is 306 g/mol. The van der Waals surface area contributed by atoms with Gasteiger partial charge in [0, 0.05) is 28.2 Å². The van der Waals surface area contributed by atoms with E-state index in [1.54, 1.807) is 6.20 Å². The first kappa shape index (κ1) is 14.6. The fraction of sp³-hybridized carbons (Fsp3) is 0.0588. The Morgan fingerprint density at radius 3 is 2.87 bits per heavy atom. The summed E-state index contributed by atoms with van der Waals surface area (Å²) in [5.41, 5.74) is 21.6. The van der Waals surface area contributed by atoms with Crippen LogP contribution in [0.4, 0.5) is 11.8 Å². The van der Waals surface area contributed by atoms with Crippen molar-refractivity contribution in [1.29, 1.82) is 0 Å². The highest BCUT2D eigenvalue weighted by Crippen LogP contribution is 2.33. The zero-order valence-electron chi connectivity index (χ0n) is 12.8. The highest BCUT2D eigenvalue weighted by Gasteiger charge is 2.13. The van der Waals surface area contributed by atoms with Gasteiger partial charge >= 0.3 is 0 Å². The number of benzene rings is 1. The second-order valence-corrected chi connectivity index (χ2v) is 5.23. The van der Waals surface area contributed by atoms with E-state index in [1.807, 2.05) is 37.3 Å². The second kappa shape index (κ2) is 5.49. The number of allylic oxidation sites excluding steroid dienone is 4. The standard InChI is InChI=1S/C17H18N6/c1-3-4-10(18)7-9(2)12-8-13-14(11-5-6-21-15(11)12)16(19)23-17(20)22-13/h3-8H,2,18-19H2,1H3,(H3,20,22,23)/b4-3-,10-7+. The first-order valence-corrected chi connectivity index (χ1v) is 7.12. The number of hydrogen-bond acceptors (Lipinski definition) is 5. The highest BCUT2D eigenvalue weighted by atomic mass is 15.0. The number of anilines is 2. The summed E-state index contributed by atoms with van der Waals surface area (Å²) in [7, 11) is 0. The molecule has 3 aromatic rings. The van der Waals surface area contributed by atoms with Crippen LogP contribution in [0.5, 0.6) is 0 Å². The zero-order valence-corrected chi connectivity index (χ0v) is 12.8. The lowest BCUT2D eigenvalue weighted by Crippen LogP contribution is -2.01. The van der Waals surface area contributed by atoms with E-state index in [4.69, 9.17) is 17.2 Å². The fourth-order valence-electron chi connectivity index (χ4n) is 2.67. The van der Waals surface area contributed by atoms with Crippen molar-refractivity contribution in [2.45, 2.75) is 6.92 Å². The van der Waals surface area contributed by atoms with E-state index in [0.29, 0.717) is 11.5 Å². The molecule has 3 rings (SSSR count). The average molecular weight is 306 g/mol. The molecule has 6 heteroatoms. The molecule has 0 unspecified atom stereocenters. The zero-order chi connectivity index (χ0) is 16.6. The summed E-state index contributed by atoms with van der Waals surface area (Å²) in [4.78, 5) is 11.6. The van der Waals surface area contributed by atoms with Crippen LogP contribution < -0.4 is 17.2 Å². The molecule has 0 fully saturated rings. The molecular weight excluding hydrogens is 288 g/mol. The number of nitrogen functional groups attached to an aromatic ring is 2. The predicted octanol–water partition coefficient (Wildman–Crippen LogP) is 2.71. The van der Waals surface area contributed by atoms with Gasteiger partial charge in [-0.15, -0.1) is 0 Å². The van der Waals surface area contributed by atoms with Crippen LogP contribution in [0.1, 0.15) is 12.5 Å². The van der Waals surface area contributed by atoms with E-state index < -0.39 is 0 Å². The van der Waals surface area contributed by atoms with Crippen molar-refractivity contribution in [2.75, 3.05) is 11.5 Å². The van der Waals surface area contributed by atoms with Gasteiger partial charge < -0.3 is 22.2 Å². The quantitative estimate of drug-likeness (QED) is 0.555. The lowest BCUT2D eigenvalue weighted by molar-refractivity contribution is 1.25. The van der Waals surface area contributed by atoms with Crippen LogP contribution in [0.25, 0.3) is 27.4 Å². The van der Waals surface area contributed by atoms with Crippen molar-refractivity contribution >= 4 is 39.1 Å². The summed E-state index contributed by atoms with van der Waals surface area (Å²) in [6, 6.07) is 3.82. The van der Waals surface area contributed by atoms with E-state index in [-0.39, 0.29) is 5.95 Å². The Labute approximate surface area is 133 Å². The van der Waals surface area contributed by atoms with Crippen molar-refractivity contribution in [3.8, 4) is 0 Å². The lowest BCUT2D eigenvalue weighted by atomic mass is 10.00. The Balaban J connectivity index is 2.30. The first-order valence-electron chi connectivity index (χ1n) is 7.12. The molecule has 116 valence electrons. The minimum Gasteiger partial charge on any atom is -0.399 e. The Morgan fingerprint density at radius 1 is 1.35 bits per heavy atom. The van der Waals surface area contributed by atoms with E-state index in [0.717, 1.165) is 32.9 Å². The van der Waals surface area contributed by atoms with E-state index >= 15 is 0 Å². The normalized spacial score (nSPS) is 12.5. The van der Waals surface area contributed by atoms with Crippen LogP contribution in [-0.4, -0.2) is 15.0 Å². The van der Waals surface area contributed by atoms with E-state index in [9.17, 15) is 0 Å². The van der Waals surface area contributed by atoms with Gasteiger partial charge in [-0.3, -0.25) is 4.98 Å². The molecule has 2 aromatic heterocycles. The Hall–Kier alpha value is -3.28. The fourth-order valence-corrected chi connectivity index (χ4v) is 2.67. The van der Waals surface area contributed by atoms with Crippen molar-refractivity contribution in [3.63, 3.8) is 0 Å². The van der Waals surface area contributed by atoms with Crippen LogP contribution in [-0.2, 0) is 0 Å². The molecule has 0 radical (unpaired) electrons. The molecule has 23 heavy (non-hydrogen) atoms. The van der Waals surface area contributed by atoms with Gasteiger partial charge in [0.15, 0.2) is 5.95 Å². The van der Waals surface area contributed by atoms with Crippen LogP contribution >= 0.6 is 0 Å². The summed E-state index contributed by atoms with van der Waals surface area (Å²) < 4.78 is 0. The maximum absolute atomic E-state index is 6.03.